The summed E-state index contributed by atoms with van der Waals surface area (Å²) in [6.45, 7) is 0.166. The highest BCUT2D eigenvalue weighted by atomic mass is 16.7. The van der Waals surface area contributed by atoms with Crippen molar-refractivity contribution in [1.29, 1.82) is 0 Å². The van der Waals surface area contributed by atoms with Gasteiger partial charge in [0.2, 0.25) is 12.1 Å². The zero-order valence-electron chi connectivity index (χ0n) is 21.2. The van der Waals surface area contributed by atoms with E-state index in [1.165, 1.54) is 6.92 Å². The van der Waals surface area contributed by atoms with Crippen LogP contribution in [0.3, 0.4) is 0 Å². The summed E-state index contributed by atoms with van der Waals surface area (Å²) in [5, 5.41) is 80.8. The maximum atomic E-state index is 10.6. The molecule has 214 valence electrons. The van der Waals surface area contributed by atoms with Gasteiger partial charge in [0, 0.05) is 6.42 Å². The zero-order valence-corrected chi connectivity index (χ0v) is 21.2. The number of aryl methyl sites for hydroxylation is 1. The predicted octanol–water partition coefficient (Wildman–Crippen LogP) is -1.58. The van der Waals surface area contributed by atoms with Crippen molar-refractivity contribution in [3.05, 3.63) is 48.0 Å². The standard InChI is InChI=1S/C27H34O12/c1-26(35)23(33)21(31)18(11-28)37-25(26)36-16-5-2-13(3-6-16)14-4-7-17-15(10-14)8-9-27(38-17)24(34)22(32)20(30)19(12-29)39-27/h2-7,10,18-25,28-35H,8-9,11-12H2,1H3/t18-,19-,20-,21-,22+,23+,24+,25+,26+,27+/m1/s1. The Kier molecular flexibility index (Phi) is 7.63. The molecule has 0 radical (unpaired) electrons. The predicted molar refractivity (Wildman–Crippen MR) is 133 cm³/mol. The van der Waals surface area contributed by atoms with Gasteiger partial charge < -0.3 is 59.8 Å². The molecule has 0 aromatic heterocycles. The molecule has 3 aliphatic rings. The van der Waals surface area contributed by atoms with Crippen molar-refractivity contribution in [2.75, 3.05) is 13.2 Å². The van der Waals surface area contributed by atoms with Gasteiger partial charge >= 0.3 is 0 Å². The van der Waals surface area contributed by atoms with Gasteiger partial charge in [-0.25, -0.2) is 0 Å². The lowest BCUT2D eigenvalue weighted by Crippen LogP contribution is -2.68. The van der Waals surface area contributed by atoms with Crippen LogP contribution in [-0.2, 0) is 15.9 Å². The normalized spacial score (nSPS) is 40.1. The summed E-state index contributed by atoms with van der Waals surface area (Å²) in [5.74, 6) is -0.823. The number of rotatable bonds is 5. The summed E-state index contributed by atoms with van der Waals surface area (Å²) < 4.78 is 23.0. The molecule has 1 spiro atoms. The Labute approximate surface area is 224 Å². The van der Waals surface area contributed by atoms with Crippen molar-refractivity contribution in [3.63, 3.8) is 0 Å². The second kappa shape index (κ2) is 10.6. The molecule has 3 aliphatic heterocycles. The molecule has 10 atom stereocenters. The van der Waals surface area contributed by atoms with Crippen LogP contribution >= 0.6 is 0 Å². The van der Waals surface area contributed by atoms with Crippen molar-refractivity contribution in [1.82, 2.24) is 0 Å². The summed E-state index contributed by atoms with van der Waals surface area (Å²) >= 11 is 0. The fourth-order valence-electron chi connectivity index (χ4n) is 5.31. The molecule has 0 unspecified atom stereocenters. The molecule has 0 amide bonds. The second-order valence-electron chi connectivity index (χ2n) is 10.5. The monoisotopic (exact) mass is 550 g/mol. The first-order chi connectivity index (χ1) is 18.5. The molecule has 2 saturated heterocycles. The molecule has 2 aromatic carbocycles. The highest BCUT2D eigenvalue weighted by Gasteiger charge is 2.56. The van der Waals surface area contributed by atoms with Gasteiger partial charge in [-0.2, -0.15) is 0 Å². The maximum Gasteiger partial charge on any atom is 0.240 e. The van der Waals surface area contributed by atoms with Gasteiger partial charge in [0.25, 0.3) is 0 Å². The lowest BCUT2D eigenvalue weighted by atomic mass is 9.86. The first-order valence-electron chi connectivity index (χ1n) is 12.8. The maximum absolute atomic E-state index is 10.6. The third-order valence-corrected chi connectivity index (χ3v) is 7.81. The van der Waals surface area contributed by atoms with Gasteiger partial charge in [0.1, 0.15) is 54.2 Å². The van der Waals surface area contributed by atoms with E-state index in [9.17, 15) is 40.9 Å². The highest BCUT2D eigenvalue weighted by molar-refractivity contribution is 5.66. The van der Waals surface area contributed by atoms with Crippen LogP contribution in [0.5, 0.6) is 11.5 Å². The molecule has 3 heterocycles. The number of benzene rings is 2. The fraction of sp³-hybridized carbons (Fsp3) is 0.556. The smallest absolute Gasteiger partial charge is 0.240 e. The molecule has 0 aliphatic carbocycles. The summed E-state index contributed by atoms with van der Waals surface area (Å²) in [5.41, 5.74) is 0.594. The zero-order chi connectivity index (χ0) is 28.1. The van der Waals surface area contributed by atoms with E-state index in [1.807, 2.05) is 6.07 Å². The van der Waals surface area contributed by atoms with Gasteiger partial charge in [-0.3, -0.25) is 0 Å². The van der Waals surface area contributed by atoms with E-state index in [-0.39, 0.29) is 6.42 Å². The molecule has 5 rings (SSSR count). The molecule has 0 bridgehead atoms. The number of ether oxygens (including phenoxy) is 4. The van der Waals surface area contributed by atoms with E-state index in [0.717, 1.165) is 16.7 Å². The van der Waals surface area contributed by atoms with E-state index in [0.29, 0.717) is 17.9 Å². The van der Waals surface area contributed by atoms with Crippen molar-refractivity contribution < 1.29 is 59.8 Å². The second-order valence-corrected chi connectivity index (χ2v) is 10.5. The Morgan fingerprint density at radius 3 is 2.18 bits per heavy atom. The van der Waals surface area contributed by atoms with Gasteiger partial charge in [-0.05, 0) is 54.3 Å². The van der Waals surface area contributed by atoms with E-state index in [4.69, 9.17) is 18.9 Å². The van der Waals surface area contributed by atoms with Crippen molar-refractivity contribution >= 4 is 0 Å². The first kappa shape index (κ1) is 28.2. The van der Waals surface area contributed by atoms with E-state index in [1.54, 1.807) is 36.4 Å². The van der Waals surface area contributed by atoms with Crippen LogP contribution in [0.4, 0.5) is 0 Å². The Bertz CT molecular complexity index is 1150. The molecule has 12 nitrogen and oxygen atoms in total. The molecule has 8 N–H and O–H groups in total. The number of aliphatic hydroxyl groups excluding tert-OH is 7. The summed E-state index contributed by atoms with van der Waals surface area (Å²) in [6, 6.07) is 12.3. The third-order valence-electron chi connectivity index (χ3n) is 7.81. The Morgan fingerprint density at radius 1 is 0.846 bits per heavy atom. The van der Waals surface area contributed by atoms with Gasteiger partial charge in [-0.1, -0.05) is 18.2 Å². The van der Waals surface area contributed by atoms with E-state index < -0.39 is 73.6 Å². The van der Waals surface area contributed by atoms with Crippen LogP contribution in [0.1, 0.15) is 18.9 Å². The number of hydrogen-bond donors (Lipinski definition) is 8. The van der Waals surface area contributed by atoms with Crippen LogP contribution in [0, 0.1) is 0 Å². The average Bonchev–Trinajstić information content (AvgIpc) is 2.94. The van der Waals surface area contributed by atoms with Gasteiger partial charge in [0.05, 0.1) is 13.2 Å². The minimum absolute atomic E-state index is 0.189. The Morgan fingerprint density at radius 2 is 1.51 bits per heavy atom. The Hall–Kier alpha value is -2.36. The van der Waals surface area contributed by atoms with Gasteiger partial charge in [-0.15, -0.1) is 0 Å². The highest BCUT2D eigenvalue weighted by Crippen LogP contribution is 2.42. The first-order valence-corrected chi connectivity index (χ1v) is 12.8. The van der Waals surface area contributed by atoms with E-state index in [2.05, 4.69) is 0 Å². The molecular formula is C27H34O12. The third kappa shape index (κ3) is 4.91. The van der Waals surface area contributed by atoms with E-state index >= 15 is 0 Å². The summed E-state index contributed by atoms with van der Waals surface area (Å²) in [4.78, 5) is 0. The minimum Gasteiger partial charge on any atom is -0.462 e. The summed E-state index contributed by atoms with van der Waals surface area (Å²) in [7, 11) is 0. The van der Waals surface area contributed by atoms with Crippen LogP contribution in [0.15, 0.2) is 42.5 Å². The molecule has 39 heavy (non-hydrogen) atoms. The lowest BCUT2D eigenvalue weighted by molar-refractivity contribution is -0.342. The largest absolute Gasteiger partial charge is 0.462 e. The molecule has 0 saturated carbocycles. The average molecular weight is 551 g/mol. The lowest BCUT2D eigenvalue weighted by Gasteiger charge is -2.49. The van der Waals surface area contributed by atoms with Crippen molar-refractivity contribution in [3.8, 4) is 22.6 Å². The summed E-state index contributed by atoms with van der Waals surface area (Å²) in [6.07, 6.45) is -10.5. The quantitative estimate of drug-likeness (QED) is 0.213. The van der Waals surface area contributed by atoms with Crippen molar-refractivity contribution in [2.24, 2.45) is 0 Å². The number of hydrogen-bond acceptors (Lipinski definition) is 12. The van der Waals surface area contributed by atoms with Crippen LogP contribution in [0.25, 0.3) is 11.1 Å². The fourth-order valence-corrected chi connectivity index (χ4v) is 5.31. The van der Waals surface area contributed by atoms with Crippen LogP contribution in [0.2, 0.25) is 0 Å². The molecule has 12 heteroatoms. The minimum atomic E-state index is -1.93. The number of fused-ring (bicyclic) bond motifs is 1. The topological polar surface area (TPSA) is 199 Å². The van der Waals surface area contributed by atoms with Crippen LogP contribution < -0.4 is 9.47 Å². The molecule has 2 fully saturated rings. The van der Waals surface area contributed by atoms with Crippen LogP contribution in [-0.4, -0.2) is 114 Å². The molecule has 2 aromatic rings. The Balaban J connectivity index is 1.30. The molecular weight excluding hydrogens is 516 g/mol. The van der Waals surface area contributed by atoms with Crippen molar-refractivity contribution in [2.45, 2.75) is 80.2 Å². The van der Waals surface area contributed by atoms with Gasteiger partial charge in [0.15, 0.2) is 5.60 Å². The SMILES string of the molecule is C[C@@]1(O)[C@@H](Oc2ccc(-c3ccc4c(c3)CC[C@]3(O4)O[C@H](CO)[C@@H](O)[C@H](O)[C@@H]3O)cc2)O[C@H](CO)[C@@H](O)[C@@H]1O. The number of aliphatic hydroxyl groups is 8.